The quantitative estimate of drug-likeness (QED) is 0.0221. The van der Waals surface area contributed by atoms with E-state index >= 15 is 13.2 Å². The summed E-state index contributed by atoms with van der Waals surface area (Å²) in [6.45, 7) is 0.142. The van der Waals surface area contributed by atoms with Crippen LogP contribution in [0.5, 0.6) is 74.7 Å². The standard InChI is InChI=1S/C28H27F2N7O3.2C22H17FN6O2.C21H15FN6O2.C6H11F2NO.CH3I/c1-17-12-18(4-6-21(17)39-19-8-11-37-24(13-19)32-16-34-37)35-27-25-20(31-15-33-27)5-7-22(38-3)26(25)40-23-9-10-36(2)14-28(23,29)30;2*1-13-9-14(3-5-17(13)31-15-7-8-29-19(10-15)25-12-27-29)28-22-20-16(24-11-26-22)4-6-18(30-2)21(20)23;1-12-8-13(27-21-19-15(23-10-25-21)3-4-16(29)20(19)22)2-5-17(12)30-14-6-7-28-18(9-14)24-11-26-28;1-9-3-2-5(10)6(7,8)4-9;1-2/h4-8,11-13,15-16,23H,9-10,14H2,1-3H3,(H,31,33,35);2*3-12H,1-2H3,(H,24,26,28);2-11,29H,1H3,(H,23,25,27);5,10H,2-4H2,1H3;1H3/i2D3,3D3;2D3;;;2*1D3. The number of hydrogen-bond donors (Lipinski definition) is 6. The Morgan fingerprint density at radius 1 is 0.375 bits per heavy atom. The first-order valence-electron chi connectivity index (χ1n) is 50.7. The summed E-state index contributed by atoms with van der Waals surface area (Å²) in [4.78, 5) is 49.5. The summed E-state index contributed by atoms with van der Waals surface area (Å²) < 4.78 is 259. The van der Waals surface area contributed by atoms with Crippen molar-refractivity contribution in [2.45, 2.75) is 64.6 Å². The number of likely N-dealkylation sites (tertiary alicyclic amines) is 2. The average molecular weight is 2090 g/mol. The number of pyridine rings is 4. The third-order valence-electron chi connectivity index (χ3n) is 22.3. The molecule has 2 fully saturated rings. The number of aliphatic hydroxyl groups excluding tert-OH is 1. The zero-order chi connectivity index (χ0) is 114. The van der Waals surface area contributed by atoms with Crippen molar-refractivity contribution in [2.75, 3.05) is 87.4 Å². The van der Waals surface area contributed by atoms with E-state index in [1.807, 2.05) is 76.2 Å². The van der Waals surface area contributed by atoms with E-state index in [1.54, 1.807) is 128 Å². The molecule has 14 heterocycles. The molecular formula is C100H90F7IN26O10. The number of nitrogens with one attached hydrogen (secondary N) is 4. The molecule has 2 atom stereocenters. The summed E-state index contributed by atoms with van der Waals surface area (Å²) in [7, 11) is -4.30. The first kappa shape index (κ1) is 80.9. The van der Waals surface area contributed by atoms with Crippen LogP contribution < -0.4 is 59.2 Å². The third-order valence-corrected chi connectivity index (χ3v) is 22.3. The maximum atomic E-state index is 15.3. The number of methoxy groups -OCH3 is 3. The molecule has 6 N–H and O–H groups in total. The number of aromatic hydroxyl groups is 1. The van der Waals surface area contributed by atoms with E-state index in [9.17, 15) is 22.7 Å². The topological polar surface area (TPSA) is 393 Å². The smallest absolute Gasteiger partial charge is 0.296 e. The maximum absolute atomic E-state index is 15.3. The van der Waals surface area contributed by atoms with Crippen LogP contribution in [0.1, 0.15) is 55.7 Å². The highest BCUT2D eigenvalue weighted by molar-refractivity contribution is 14.1. The van der Waals surface area contributed by atoms with Crippen molar-refractivity contribution < 1.29 is 99.4 Å². The van der Waals surface area contributed by atoms with E-state index in [4.69, 9.17) is 63.6 Å². The van der Waals surface area contributed by atoms with Crippen LogP contribution in [0.2, 0.25) is 0 Å². The van der Waals surface area contributed by atoms with Gasteiger partial charge in [0, 0.05) is 104 Å². The van der Waals surface area contributed by atoms with E-state index in [2.05, 4.69) is 101 Å². The number of aliphatic hydroxyl groups is 1. The largest absolute Gasteiger partial charge is 0.505 e. The summed E-state index contributed by atoms with van der Waals surface area (Å²) in [6, 6.07) is 47.3. The third kappa shape index (κ3) is 22.4. The van der Waals surface area contributed by atoms with Crippen LogP contribution in [0.3, 0.4) is 0 Å². The molecule has 2 saturated heterocycles. The normalized spacial score (nSPS) is 16.2. The number of anilines is 8. The fourth-order valence-electron chi connectivity index (χ4n) is 15.2. The van der Waals surface area contributed by atoms with E-state index in [0.29, 0.717) is 118 Å². The van der Waals surface area contributed by atoms with Crippen LogP contribution in [0.15, 0.2) is 245 Å². The summed E-state index contributed by atoms with van der Waals surface area (Å²) in [5, 5.41) is 47.8. The van der Waals surface area contributed by atoms with Gasteiger partial charge in [-0.25, -0.2) is 109 Å². The van der Waals surface area contributed by atoms with Crippen LogP contribution in [0.25, 0.3) is 66.2 Å². The van der Waals surface area contributed by atoms with Crippen LogP contribution in [-0.4, -0.2) is 209 Å². The van der Waals surface area contributed by atoms with Gasteiger partial charge in [0.1, 0.15) is 126 Å². The van der Waals surface area contributed by atoms with Crippen LogP contribution >= 0.6 is 22.6 Å². The lowest BCUT2D eigenvalue weighted by molar-refractivity contribution is -0.145. The maximum Gasteiger partial charge on any atom is 0.296 e. The number of fused-ring (bicyclic) bond motifs is 8. The van der Waals surface area contributed by atoms with E-state index in [1.165, 1.54) is 117 Å². The molecule has 0 radical (unpaired) electrons. The second kappa shape index (κ2) is 43.5. The van der Waals surface area contributed by atoms with Gasteiger partial charge in [-0.2, -0.15) is 20.4 Å². The summed E-state index contributed by atoms with van der Waals surface area (Å²) in [6.07, 6.45) is 14.1. The molecule has 44 heteroatoms. The first-order chi connectivity index (χ1) is 75.4. The van der Waals surface area contributed by atoms with Gasteiger partial charge in [0.05, 0.1) is 86.1 Å². The fourth-order valence-corrected chi connectivity index (χ4v) is 15.2. The molecule has 2 unspecified atom stereocenters. The average Bonchev–Trinajstić information content (AvgIpc) is 1.18. The van der Waals surface area contributed by atoms with Gasteiger partial charge >= 0.3 is 0 Å². The Balaban J connectivity index is 0.000000137. The van der Waals surface area contributed by atoms with Crippen molar-refractivity contribution in [2.24, 2.45) is 0 Å². The van der Waals surface area contributed by atoms with Gasteiger partial charge < -0.3 is 79.2 Å². The van der Waals surface area contributed by atoms with Gasteiger partial charge in [-0.3, -0.25) is 0 Å². The zero-order valence-electron chi connectivity index (χ0n) is 91.0. The minimum atomic E-state index is -3.60. The predicted molar refractivity (Wildman–Crippen MR) is 534 cm³/mol. The minimum absolute atomic E-state index is 0.0174. The number of halogens is 8. The van der Waals surface area contributed by atoms with Gasteiger partial charge in [0.2, 0.25) is 0 Å². The molecule has 0 saturated carbocycles. The molecule has 22 rings (SSSR count). The Kier molecular flexibility index (Phi) is 24.4. The first-order valence-corrected chi connectivity index (χ1v) is 44.3. The lowest BCUT2D eigenvalue weighted by atomic mass is 10.0. The van der Waals surface area contributed by atoms with Crippen molar-refractivity contribution >= 4 is 135 Å². The number of rotatable bonds is 21. The number of aryl methyl sites for hydroxylation is 4. The molecule has 2 aliphatic heterocycles. The number of hydrogen-bond acceptors (Lipinski definition) is 32. The number of nitrogens with zero attached hydrogens (tertiary/aromatic N) is 22. The fraction of sp³-hybridized carbons (Fsp3) is 0.200. The monoisotopic (exact) mass is 2090 g/mol. The minimum Gasteiger partial charge on any atom is -0.505 e. The number of phenolic OH excluding ortho intramolecular Hbond substituents is 1. The second-order valence-corrected chi connectivity index (χ2v) is 32.0. The summed E-state index contributed by atoms with van der Waals surface area (Å²) >= 11 is 1.38. The highest BCUT2D eigenvalue weighted by atomic mass is 127. The SMILES string of the molecule is COc1ccc2ncnc(Nc3ccc(Oc4ccn5ncnc5c4)c(C)c3)c2c1F.Cc1cc(Nc2ncnc3ccc(O)c(F)c23)ccc1Oc1ccn2ncnc2c1.[2H]C([2H])([2H])I.[2H]C([2H])([2H])N1CCC(O)C(F)(F)C1.[2H]C([2H])([2H])Oc1ccc2ncnc(Nc3ccc(Oc4ccn5ncnc5c4)c(C)c3)c2c1F.[2H]C([2H])([2H])Oc1ccc2ncnc(Nc3ccc(Oc4ccn5ncnc5c4)c(C)c3)c2c1OC1CCN(C([2H])([2H])[2H])CC1(F)F. The van der Waals surface area contributed by atoms with Crippen molar-refractivity contribution in [3.63, 3.8) is 0 Å². The lowest BCUT2D eigenvalue weighted by Gasteiger charge is -2.36. The molecule has 12 aromatic heterocycles. The Morgan fingerprint density at radius 3 is 1.04 bits per heavy atom. The molecule has 8 aromatic carbocycles. The molecule has 144 heavy (non-hydrogen) atoms. The molecule has 36 nitrogen and oxygen atoms in total. The number of ether oxygens (including phenoxy) is 8. The van der Waals surface area contributed by atoms with Crippen molar-refractivity contribution in [3.8, 4) is 74.7 Å². The molecule has 0 aliphatic carbocycles. The summed E-state index contributed by atoms with van der Waals surface area (Å²) in [5.41, 5.74) is 10.00. The van der Waals surface area contributed by atoms with Gasteiger partial charge in [-0.15, -0.1) is 0 Å². The predicted octanol–water partition coefficient (Wildman–Crippen LogP) is 20.3. The van der Waals surface area contributed by atoms with Gasteiger partial charge in [0.15, 0.2) is 74.9 Å². The summed E-state index contributed by atoms with van der Waals surface area (Å²) in [5.74, 6) is -4.51. The molecule has 0 amide bonds. The van der Waals surface area contributed by atoms with E-state index < -0.39 is 99.0 Å². The van der Waals surface area contributed by atoms with Gasteiger partial charge in [0.25, 0.3) is 11.8 Å². The highest BCUT2D eigenvalue weighted by Gasteiger charge is 2.47. The van der Waals surface area contributed by atoms with E-state index in [0.717, 1.165) is 27.9 Å². The van der Waals surface area contributed by atoms with Gasteiger partial charge in [-0.1, -0.05) is 22.6 Å². The Labute approximate surface area is 850 Å². The highest BCUT2D eigenvalue weighted by Crippen LogP contribution is 2.45. The number of aromatic nitrogens is 20. The second-order valence-electron chi connectivity index (χ2n) is 32.0. The van der Waals surface area contributed by atoms with Crippen molar-refractivity contribution in [1.29, 1.82) is 0 Å². The van der Waals surface area contributed by atoms with Crippen molar-refractivity contribution in [3.05, 3.63) is 285 Å². The van der Waals surface area contributed by atoms with Crippen LogP contribution in [-0.2, 0) is 0 Å². The van der Waals surface area contributed by atoms with E-state index in [-0.39, 0.29) is 87.7 Å². The molecular weight excluding hydrogens is 1990 g/mol. The number of alkyl halides is 5. The zero-order valence-corrected chi connectivity index (χ0v) is 78.2. The molecule has 0 bridgehead atoms. The Hall–Kier alpha value is -16.9. The van der Waals surface area contributed by atoms with Crippen molar-refractivity contribution in [1.82, 2.24) is 108 Å². The van der Waals surface area contributed by atoms with Crippen LogP contribution in [0, 0.1) is 45.1 Å². The number of piperidine rings is 2. The molecule has 0 spiro atoms. The molecule has 736 valence electrons. The Bertz CT molecular complexity index is 8690. The van der Waals surface area contributed by atoms with Crippen LogP contribution in [0.4, 0.5) is 76.8 Å². The van der Waals surface area contributed by atoms with Gasteiger partial charge in [-0.05, 0) is 221 Å². The molecule has 20 aromatic rings. The number of phenols is 1. The lowest BCUT2D eigenvalue weighted by Crippen LogP contribution is -2.52. The number of benzene rings is 8. The molecule has 2 aliphatic rings. The Morgan fingerprint density at radius 2 is 0.694 bits per heavy atom.